The first-order chi connectivity index (χ1) is 9.74. The average Bonchev–Trinajstić information content (AvgIpc) is 2.98. The van der Waals surface area contributed by atoms with E-state index in [9.17, 15) is 5.11 Å². The number of aliphatic hydroxyl groups is 1. The second kappa shape index (κ2) is 5.22. The van der Waals surface area contributed by atoms with Crippen LogP contribution in [0, 0.1) is 6.92 Å². The Bertz CT molecular complexity index is 691. The minimum atomic E-state index is -0.817. The van der Waals surface area contributed by atoms with Crippen LogP contribution in [-0.2, 0) is 0 Å². The molecule has 0 aliphatic heterocycles. The van der Waals surface area contributed by atoms with Gasteiger partial charge in [0.15, 0.2) is 0 Å². The molecule has 2 heterocycles. The number of hydrogen-bond acceptors (Lipinski definition) is 4. The maximum Gasteiger partial charge on any atom is 0.126 e. The van der Waals surface area contributed by atoms with Gasteiger partial charge in [0.2, 0.25) is 0 Å². The van der Waals surface area contributed by atoms with E-state index in [0.717, 1.165) is 5.69 Å². The summed E-state index contributed by atoms with van der Waals surface area (Å²) < 4.78 is 1.65. The minimum absolute atomic E-state index is 0.499. The second-order valence-corrected chi connectivity index (χ2v) is 4.61. The summed E-state index contributed by atoms with van der Waals surface area (Å²) in [6.45, 7) is 2.03. The molecule has 5 heteroatoms. The first kappa shape index (κ1) is 12.5. The molecular formula is C15H14N4O. The number of benzene rings is 1. The molecule has 1 N–H and O–H groups in total. The Morgan fingerprint density at radius 2 is 1.95 bits per heavy atom. The summed E-state index contributed by atoms with van der Waals surface area (Å²) in [4.78, 5) is 3.99. The van der Waals surface area contributed by atoms with Crippen molar-refractivity contribution in [2.75, 3.05) is 0 Å². The number of aliphatic hydroxyl groups excluding tert-OH is 1. The van der Waals surface area contributed by atoms with Gasteiger partial charge in [-0.3, -0.25) is 4.98 Å². The molecule has 1 aromatic carbocycles. The summed E-state index contributed by atoms with van der Waals surface area (Å²) in [6, 6.07) is 11.5. The Hall–Kier alpha value is -2.53. The van der Waals surface area contributed by atoms with Gasteiger partial charge in [0.1, 0.15) is 11.8 Å². The summed E-state index contributed by atoms with van der Waals surface area (Å²) >= 11 is 0. The lowest BCUT2D eigenvalue weighted by Crippen LogP contribution is -2.00. The van der Waals surface area contributed by atoms with Gasteiger partial charge in [0.05, 0.1) is 11.9 Å². The standard InChI is InChI=1S/C15H14N4O/c1-11-4-6-13(7-5-11)19-10-14(17-18-19)15(20)12-3-2-8-16-9-12/h2-10,15,20H,1H3. The first-order valence-electron chi connectivity index (χ1n) is 6.31. The van der Waals surface area contributed by atoms with Crippen LogP contribution in [-0.4, -0.2) is 25.1 Å². The highest BCUT2D eigenvalue weighted by Crippen LogP contribution is 2.19. The Morgan fingerprint density at radius 1 is 1.15 bits per heavy atom. The van der Waals surface area contributed by atoms with Crippen LogP contribution < -0.4 is 0 Å². The fraction of sp³-hybridized carbons (Fsp3) is 0.133. The van der Waals surface area contributed by atoms with Crippen molar-refractivity contribution in [3.05, 3.63) is 71.8 Å². The SMILES string of the molecule is Cc1ccc(-n2cc(C(O)c3cccnc3)nn2)cc1. The molecule has 3 rings (SSSR count). The van der Waals surface area contributed by atoms with Crippen molar-refractivity contribution in [2.45, 2.75) is 13.0 Å². The van der Waals surface area contributed by atoms with E-state index in [2.05, 4.69) is 15.3 Å². The highest BCUT2D eigenvalue weighted by atomic mass is 16.3. The van der Waals surface area contributed by atoms with Crippen molar-refractivity contribution in [2.24, 2.45) is 0 Å². The van der Waals surface area contributed by atoms with Crippen LogP contribution in [0.5, 0.6) is 0 Å². The Labute approximate surface area is 116 Å². The fourth-order valence-corrected chi connectivity index (χ4v) is 1.93. The normalized spacial score (nSPS) is 12.3. The predicted octanol–water partition coefficient (Wildman–Crippen LogP) is 2.05. The van der Waals surface area contributed by atoms with Gasteiger partial charge in [-0.15, -0.1) is 5.10 Å². The molecule has 0 spiro atoms. The van der Waals surface area contributed by atoms with Crippen LogP contribution in [0.15, 0.2) is 55.0 Å². The lowest BCUT2D eigenvalue weighted by molar-refractivity contribution is 0.214. The molecule has 0 fully saturated rings. The van der Waals surface area contributed by atoms with Crippen molar-refractivity contribution in [1.29, 1.82) is 0 Å². The molecule has 0 aliphatic rings. The van der Waals surface area contributed by atoms with Gasteiger partial charge >= 0.3 is 0 Å². The summed E-state index contributed by atoms with van der Waals surface area (Å²) in [5.74, 6) is 0. The van der Waals surface area contributed by atoms with E-state index < -0.39 is 6.10 Å². The Kier molecular flexibility index (Phi) is 3.26. The zero-order valence-electron chi connectivity index (χ0n) is 11.0. The number of aromatic nitrogens is 4. The largest absolute Gasteiger partial charge is 0.382 e. The molecule has 20 heavy (non-hydrogen) atoms. The van der Waals surface area contributed by atoms with Gasteiger partial charge in [-0.25, -0.2) is 4.68 Å². The molecular weight excluding hydrogens is 252 g/mol. The van der Waals surface area contributed by atoms with E-state index in [1.807, 2.05) is 37.3 Å². The molecule has 0 saturated carbocycles. The van der Waals surface area contributed by atoms with Crippen LogP contribution in [0.1, 0.15) is 22.9 Å². The summed E-state index contributed by atoms with van der Waals surface area (Å²) in [7, 11) is 0. The van der Waals surface area contributed by atoms with Crippen molar-refractivity contribution in [1.82, 2.24) is 20.0 Å². The number of nitrogens with zero attached hydrogens (tertiary/aromatic N) is 4. The van der Waals surface area contributed by atoms with Gasteiger partial charge in [0, 0.05) is 18.0 Å². The topological polar surface area (TPSA) is 63.8 Å². The molecule has 3 aromatic rings. The minimum Gasteiger partial charge on any atom is -0.382 e. The molecule has 2 aromatic heterocycles. The molecule has 0 amide bonds. The third-order valence-corrected chi connectivity index (χ3v) is 3.09. The number of pyridine rings is 1. The van der Waals surface area contributed by atoms with Gasteiger partial charge < -0.3 is 5.11 Å². The van der Waals surface area contributed by atoms with Gasteiger partial charge in [-0.2, -0.15) is 0 Å². The predicted molar refractivity (Wildman–Crippen MR) is 74.4 cm³/mol. The van der Waals surface area contributed by atoms with E-state index in [0.29, 0.717) is 11.3 Å². The third kappa shape index (κ3) is 2.44. The van der Waals surface area contributed by atoms with Gasteiger partial charge in [0.25, 0.3) is 0 Å². The lowest BCUT2D eigenvalue weighted by Gasteiger charge is -2.05. The first-order valence-corrected chi connectivity index (χ1v) is 6.31. The molecule has 5 nitrogen and oxygen atoms in total. The zero-order chi connectivity index (χ0) is 13.9. The molecule has 0 saturated heterocycles. The number of hydrogen-bond donors (Lipinski definition) is 1. The van der Waals surface area contributed by atoms with E-state index in [-0.39, 0.29) is 0 Å². The fourth-order valence-electron chi connectivity index (χ4n) is 1.93. The summed E-state index contributed by atoms with van der Waals surface area (Å²) in [6.07, 6.45) is 4.19. The maximum atomic E-state index is 10.2. The van der Waals surface area contributed by atoms with E-state index in [1.54, 1.807) is 29.3 Å². The quantitative estimate of drug-likeness (QED) is 0.788. The van der Waals surface area contributed by atoms with E-state index in [1.165, 1.54) is 5.56 Å². The Morgan fingerprint density at radius 3 is 2.65 bits per heavy atom. The van der Waals surface area contributed by atoms with Crippen LogP contribution in [0.4, 0.5) is 0 Å². The average molecular weight is 266 g/mol. The summed E-state index contributed by atoms with van der Waals surface area (Å²) in [5.41, 5.74) is 3.29. The second-order valence-electron chi connectivity index (χ2n) is 4.61. The highest BCUT2D eigenvalue weighted by molar-refractivity contribution is 5.34. The monoisotopic (exact) mass is 266 g/mol. The smallest absolute Gasteiger partial charge is 0.126 e. The van der Waals surface area contributed by atoms with Crippen LogP contribution in [0.3, 0.4) is 0 Å². The van der Waals surface area contributed by atoms with Crippen molar-refractivity contribution >= 4 is 0 Å². The van der Waals surface area contributed by atoms with Crippen LogP contribution >= 0.6 is 0 Å². The van der Waals surface area contributed by atoms with Crippen LogP contribution in [0.25, 0.3) is 5.69 Å². The summed E-state index contributed by atoms with van der Waals surface area (Å²) in [5, 5.41) is 18.3. The molecule has 1 unspecified atom stereocenters. The van der Waals surface area contributed by atoms with Crippen LogP contribution in [0.2, 0.25) is 0 Å². The lowest BCUT2D eigenvalue weighted by atomic mass is 10.1. The molecule has 1 atom stereocenters. The van der Waals surface area contributed by atoms with Crippen molar-refractivity contribution in [3.8, 4) is 5.69 Å². The van der Waals surface area contributed by atoms with E-state index >= 15 is 0 Å². The van der Waals surface area contributed by atoms with Gasteiger partial charge in [-0.05, 0) is 25.1 Å². The van der Waals surface area contributed by atoms with Crippen molar-refractivity contribution in [3.63, 3.8) is 0 Å². The Balaban J connectivity index is 1.89. The third-order valence-electron chi connectivity index (χ3n) is 3.09. The molecule has 0 bridgehead atoms. The maximum absolute atomic E-state index is 10.2. The molecule has 100 valence electrons. The van der Waals surface area contributed by atoms with Crippen molar-refractivity contribution < 1.29 is 5.11 Å². The number of rotatable bonds is 3. The highest BCUT2D eigenvalue weighted by Gasteiger charge is 2.14. The molecule has 0 radical (unpaired) electrons. The number of aryl methyl sites for hydroxylation is 1. The van der Waals surface area contributed by atoms with Gasteiger partial charge in [-0.1, -0.05) is 29.0 Å². The molecule has 0 aliphatic carbocycles. The van der Waals surface area contributed by atoms with E-state index in [4.69, 9.17) is 0 Å². The zero-order valence-corrected chi connectivity index (χ0v) is 11.0.